The van der Waals surface area contributed by atoms with E-state index in [0.29, 0.717) is 12.8 Å². The minimum atomic E-state index is -0.548. The average molecular weight is 212 g/mol. The highest BCUT2D eigenvalue weighted by molar-refractivity contribution is 5.72. The minimum absolute atomic E-state index is 0.0486. The Kier molecular flexibility index (Phi) is 4.77. The Balaban J connectivity index is 2.41. The number of para-hydroxylation sites is 1. The van der Waals surface area contributed by atoms with E-state index in [-0.39, 0.29) is 18.8 Å². The topological polar surface area (TPSA) is 46.5 Å². The van der Waals surface area contributed by atoms with Crippen LogP contribution >= 0.6 is 0 Å². The molecule has 0 saturated heterocycles. The summed E-state index contributed by atoms with van der Waals surface area (Å²) in [6.07, 6.45) is 1.28. The fourth-order valence-electron chi connectivity index (χ4n) is 1.08. The van der Waals surface area contributed by atoms with E-state index in [0.717, 1.165) is 0 Å². The summed E-state index contributed by atoms with van der Waals surface area (Å²) in [4.78, 5) is 11.2. The second-order valence-corrected chi connectivity index (χ2v) is 3.09. The molecule has 1 N–H and O–H groups in total. The SMILES string of the molecule is O=C(CCCCO)Oc1ccccc1F. The summed E-state index contributed by atoms with van der Waals surface area (Å²) < 4.78 is 17.8. The zero-order valence-corrected chi connectivity index (χ0v) is 8.28. The first-order valence-corrected chi connectivity index (χ1v) is 4.80. The van der Waals surface area contributed by atoms with Crippen molar-refractivity contribution < 1.29 is 19.0 Å². The standard InChI is InChI=1S/C11H13FO3/c12-9-5-1-2-6-10(9)15-11(14)7-3-4-8-13/h1-2,5-6,13H,3-4,7-8H2. The van der Waals surface area contributed by atoms with Crippen LogP contribution in [0.15, 0.2) is 24.3 Å². The Labute approximate surface area is 87.5 Å². The van der Waals surface area contributed by atoms with E-state index in [1.165, 1.54) is 18.2 Å². The first-order valence-electron chi connectivity index (χ1n) is 4.80. The van der Waals surface area contributed by atoms with Crippen molar-refractivity contribution in [3.05, 3.63) is 30.1 Å². The number of halogens is 1. The van der Waals surface area contributed by atoms with Crippen LogP contribution in [0.1, 0.15) is 19.3 Å². The minimum Gasteiger partial charge on any atom is -0.423 e. The average Bonchev–Trinajstić information content (AvgIpc) is 2.22. The van der Waals surface area contributed by atoms with Gasteiger partial charge in [-0.1, -0.05) is 12.1 Å². The maximum atomic E-state index is 13.0. The van der Waals surface area contributed by atoms with Crippen LogP contribution in [-0.2, 0) is 4.79 Å². The fraction of sp³-hybridized carbons (Fsp3) is 0.364. The van der Waals surface area contributed by atoms with E-state index < -0.39 is 11.8 Å². The zero-order chi connectivity index (χ0) is 11.1. The summed E-state index contributed by atoms with van der Waals surface area (Å²) in [6, 6.07) is 5.76. The summed E-state index contributed by atoms with van der Waals surface area (Å²) in [5.74, 6) is -1.08. The highest BCUT2D eigenvalue weighted by Gasteiger charge is 2.07. The monoisotopic (exact) mass is 212 g/mol. The highest BCUT2D eigenvalue weighted by Crippen LogP contribution is 2.16. The lowest BCUT2D eigenvalue weighted by atomic mass is 10.2. The van der Waals surface area contributed by atoms with Gasteiger partial charge in [-0.2, -0.15) is 0 Å². The molecule has 0 atom stereocenters. The lowest BCUT2D eigenvalue weighted by molar-refractivity contribution is -0.134. The lowest BCUT2D eigenvalue weighted by Crippen LogP contribution is -2.08. The van der Waals surface area contributed by atoms with Crippen LogP contribution in [0.4, 0.5) is 4.39 Å². The molecule has 0 radical (unpaired) electrons. The second-order valence-electron chi connectivity index (χ2n) is 3.09. The molecular weight excluding hydrogens is 199 g/mol. The molecule has 0 aromatic heterocycles. The van der Waals surface area contributed by atoms with Crippen LogP contribution in [0.3, 0.4) is 0 Å². The molecule has 1 aromatic carbocycles. The molecule has 15 heavy (non-hydrogen) atoms. The largest absolute Gasteiger partial charge is 0.423 e. The molecule has 1 rings (SSSR count). The molecule has 82 valence electrons. The van der Waals surface area contributed by atoms with Gasteiger partial charge in [0.2, 0.25) is 0 Å². The van der Waals surface area contributed by atoms with Crippen LogP contribution in [-0.4, -0.2) is 17.7 Å². The van der Waals surface area contributed by atoms with Crippen LogP contribution in [0.5, 0.6) is 5.75 Å². The molecule has 4 heteroatoms. The number of hydrogen-bond donors (Lipinski definition) is 1. The maximum absolute atomic E-state index is 13.0. The van der Waals surface area contributed by atoms with E-state index in [2.05, 4.69) is 0 Å². The first-order chi connectivity index (χ1) is 7.24. The fourth-order valence-corrected chi connectivity index (χ4v) is 1.08. The van der Waals surface area contributed by atoms with Crippen molar-refractivity contribution in [3.8, 4) is 5.75 Å². The summed E-state index contributed by atoms with van der Waals surface area (Å²) >= 11 is 0. The molecule has 0 bridgehead atoms. The second kappa shape index (κ2) is 6.14. The highest BCUT2D eigenvalue weighted by atomic mass is 19.1. The van der Waals surface area contributed by atoms with Crippen molar-refractivity contribution in [3.63, 3.8) is 0 Å². The van der Waals surface area contributed by atoms with Gasteiger partial charge in [0.15, 0.2) is 11.6 Å². The summed E-state index contributed by atoms with van der Waals surface area (Å²) in [7, 11) is 0. The Morgan fingerprint density at radius 2 is 2.07 bits per heavy atom. The molecule has 0 aliphatic rings. The Morgan fingerprint density at radius 3 is 2.73 bits per heavy atom. The third-order valence-corrected chi connectivity index (χ3v) is 1.85. The predicted molar refractivity (Wildman–Crippen MR) is 53.0 cm³/mol. The number of rotatable bonds is 5. The van der Waals surface area contributed by atoms with Gasteiger partial charge in [0.1, 0.15) is 0 Å². The quantitative estimate of drug-likeness (QED) is 0.460. The van der Waals surface area contributed by atoms with E-state index in [4.69, 9.17) is 9.84 Å². The summed E-state index contributed by atoms with van der Waals surface area (Å²) in [5, 5.41) is 8.50. The number of aliphatic hydroxyl groups excluding tert-OH is 1. The number of aliphatic hydroxyl groups is 1. The van der Waals surface area contributed by atoms with E-state index >= 15 is 0 Å². The molecule has 0 saturated carbocycles. The Hall–Kier alpha value is -1.42. The van der Waals surface area contributed by atoms with Gasteiger partial charge in [0.25, 0.3) is 0 Å². The molecule has 0 amide bonds. The van der Waals surface area contributed by atoms with Gasteiger partial charge in [-0.05, 0) is 25.0 Å². The van der Waals surface area contributed by atoms with Gasteiger partial charge in [-0.25, -0.2) is 4.39 Å². The van der Waals surface area contributed by atoms with Crippen molar-refractivity contribution in [2.45, 2.75) is 19.3 Å². The Morgan fingerprint density at radius 1 is 1.33 bits per heavy atom. The molecule has 0 unspecified atom stereocenters. The van der Waals surface area contributed by atoms with E-state index in [9.17, 15) is 9.18 Å². The summed E-state index contributed by atoms with van der Waals surface area (Å²) in [6.45, 7) is 0.0486. The molecule has 0 fully saturated rings. The normalized spacial score (nSPS) is 10.0. The van der Waals surface area contributed by atoms with Gasteiger partial charge >= 0.3 is 5.97 Å². The predicted octanol–water partition coefficient (Wildman–Crippen LogP) is 1.89. The molecule has 0 aliphatic carbocycles. The van der Waals surface area contributed by atoms with Crippen molar-refractivity contribution >= 4 is 5.97 Å². The molecule has 0 heterocycles. The maximum Gasteiger partial charge on any atom is 0.311 e. The number of carbonyl (C=O) groups excluding carboxylic acids is 1. The molecule has 0 aliphatic heterocycles. The third-order valence-electron chi connectivity index (χ3n) is 1.85. The number of hydrogen-bond acceptors (Lipinski definition) is 3. The Bertz CT molecular complexity index is 325. The number of unbranched alkanes of at least 4 members (excludes halogenated alkanes) is 1. The smallest absolute Gasteiger partial charge is 0.311 e. The number of carbonyl (C=O) groups is 1. The van der Waals surface area contributed by atoms with Crippen molar-refractivity contribution in [1.82, 2.24) is 0 Å². The van der Waals surface area contributed by atoms with E-state index in [1.807, 2.05) is 0 Å². The van der Waals surface area contributed by atoms with Gasteiger partial charge in [-0.3, -0.25) is 4.79 Å². The number of benzene rings is 1. The number of esters is 1. The van der Waals surface area contributed by atoms with E-state index in [1.54, 1.807) is 6.07 Å². The molecule has 0 spiro atoms. The summed E-state index contributed by atoms with van der Waals surface area (Å²) in [5.41, 5.74) is 0. The molecular formula is C11H13FO3. The molecule has 3 nitrogen and oxygen atoms in total. The van der Waals surface area contributed by atoms with Crippen LogP contribution < -0.4 is 4.74 Å². The van der Waals surface area contributed by atoms with Gasteiger partial charge in [-0.15, -0.1) is 0 Å². The number of ether oxygens (including phenoxy) is 1. The first kappa shape index (κ1) is 11.7. The van der Waals surface area contributed by atoms with Gasteiger partial charge in [0.05, 0.1) is 0 Å². The molecule has 1 aromatic rings. The van der Waals surface area contributed by atoms with Crippen molar-refractivity contribution in [2.75, 3.05) is 6.61 Å². The van der Waals surface area contributed by atoms with Gasteiger partial charge in [0, 0.05) is 13.0 Å². The van der Waals surface area contributed by atoms with Crippen molar-refractivity contribution in [1.29, 1.82) is 0 Å². The van der Waals surface area contributed by atoms with Gasteiger partial charge < -0.3 is 9.84 Å². The van der Waals surface area contributed by atoms with Crippen LogP contribution in [0.2, 0.25) is 0 Å². The lowest BCUT2D eigenvalue weighted by Gasteiger charge is -2.04. The third kappa shape index (κ3) is 4.08. The van der Waals surface area contributed by atoms with Crippen LogP contribution in [0.25, 0.3) is 0 Å². The van der Waals surface area contributed by atoms with Crippen molar-refractivity contribution in [2.24, 2.45) is 0 Å². The zero-order valence-electron chi connectivity index (χ0n) is 8.28. The van der Waals surface area contributed by atoms with Crippen LogP contribution in [0, 0.1) is 5.82 Å².